The van der Waals surface area contributed by atoms with E-state index in [0.717, 1.165) is 18.6 Å². The third-order valence-electron chi connectivity index (χ3n) is 1.66. The van der Waals surface area contributed by atoms with Crippen LogP contribution in [-0.4, -0.2) is 12.3 Å². The smallest absolute Gasteiger partial charge is 0.138 e. The molecule has 0 amide bonds. The van der Waals surface area contributed by atoms with E-state index >= 15 is 0 Å². The number of hydrogen-bond donors (Lipinski definition) is 2. The summed E-state index contributed by atoms with van der Waals surface area (Å²) < 4.78 is 0. The Balaban J connectivity index is 2.12. The minimum Gasteiger partial charge on any atom is -0.302 e. The van der Waals surface area contributed by atoms with Crippen LogP contribution >= 0.6 is 0 Å². The molecule has 0 spiro atoms. The van der Waals surface area contributed by atoms with E-state index in [9.17, 15) is 4.79 Å². The summed E-state index contributed by atoms with van der Waals surface area (Å²) in [6.45, 7) is 0. The largest absolute Gasteiger partial charge is 0.302 e. The first kappa shape index (κ1) is 6.71. The molecule has 3 nitrogen and oxygen atoms in total. The van der Waals surface area contributed by atoms with Crippen molar-refractivity contribution in [1.29, 1.82) is 0 Å². The van der Waals surface area contributed by atoms with Crippen molar-refractivity contribution in [2.75, 3.05) is 0 Å². The molecule has 1 atom stereocenters. The number of nitrogens with one attached hydrogen (secondary N) is 1. The molecule has 0 aromatic heterocycles. The first-order chi connectivity index (χ1) is 4.36. The summed E-state index contributed by atoms with van der Waals surface area (Å²) in [7, 11) is 0. The van der Waals surface area contributed by atoms with Crippen molar-refractivity contribution in [3.8, 4) is 0 Å². The zero-order valence-corrected chi connectivity index (χ0v) is 5.34. The zero-order valence-electron chi connectivity index (χ0n) is 5.34. The number of nitrogens with two attached hydrogens (primary N) is 1. The van der Waals surface area contributed by atoms with E-state index < -0.39 is 0 Å². The van der Waals surface area contributed by atoms with Crippen LogP contribution in [0.15, 0.2) is 0 Å². The molecular formula is C6H12N2O. The van der Waals surface area contributed by atoms with Gasteiger partial charge in [-0.25, -0.2) is 0 Å². The maximum absolute atomic E-state index is 10.2. The van der Waals surface area contributed by atoms with Gasteiger partial charge in [-0.2, -0.15) is 0 Å². The van der Waals surface area contributed by atoms with Crippen LogP contribution in [0.5, 0.6) is 0 Å². The summed E-state index contributed by atoms with van der Waals surface area (Å²) in [5.41, 5.74) is 2.46. The second-order valence-corrected chi connectivity index (χ2v) is 2.59. The Hall–Kier alpha value is -0.410. The van der Waals surface area contributed by atoms with Gasteiger partial charge in [0.2, 0.25) is 0 Å². The van der Waals surface area contributed by atoms with Crippen molar-refractivity contribution >= 4 is 6.29 Å². The van der Waals surface area contributed by atoms with Crippen LogP contribution in [-0.2, 0) is 4.79 Å². The highest BCUT2D eigenvalue weighted by Crippen LogP contribution is 2.32. The number of rotatable bonds is 4. The highest BCUT2D eigenvalue weighted by atomic mass is 16.1. The molecule has 9 heavy (non-hydrogen) atoms. The van der Waals surface area contributed by atoms with Gasteiger partial charge in [-0.3, -0.25) is 11.3 Å². The average Bonchev–Trinajstić information content (AvgIpc) is 2.66. The van der Waals surface area contributed by atoms with E-state index in [1.54, 1.807) is 0 Å². The first-order valence-electron chi connectivity index (χ1n) is 3.28. The highest BCUT2D eigenvalue weighted by Gasteiger charge is 2.24. The summed E-state index contributed by atoms with van der Waals surface area (Å²) in [5.74, 6) is 5.84. The number of carbonyl (C=O) groups is 1. The normalized spacial score (nSPS) is 21.4. The molecule has 3 heteroatoms. The van der Waals surface area contributed by atoms with Crippen LogP contribution in [0, 0.1) is 5.92 Å². The van der Waals surface area contributed by atoms with Crippen molar-refractivity contribution in [3.63, 3.8) is 0 Å². The molecule has 0 heterocycles. The van der Waals surface area contributed by atoms with Gasteiger partial charge in [-0.15, -0.1) is 0 Å². The first-order valence-corrected chi connectivity index (χ1v) is 3.28. The Morgan fingerprint density at radius 1 is 1.78 bits per heavy atom. The third-order valence-corrected chi connectivity index (χ3v) is 1.66. The van der Waals surface area contributed by atoms with Crippen molar-refractivity contribution in [2.24, 2.45) is 11.8 Å². The molecule has 0 unspecified atom stereocenters. The summed E-state index contributed by atoms with van der Waals surface area (Å²) >= 11 is 0. The molecule has 3 N–H and O–H groups in total. The number of hydrazine groups is 1. The quantitative estimate of drug-likeness (QED) is 0.313. The Morgan fingerprint density at radius 2 is 2.44 bits per heavy atom. The molecule has 0 saturated heterocycles. The summed E-state index contributed by atoms with van der Waals surface area (Å²) in [6.07, 6.45) is 4.33. The van der Waals surface area contributed by atoms with Crippen LogP contribution in [0.25, 0.3) is 0 Å². The molecule has 52 valence electrons. The van der Waals surface area contributed by atoms with Crippen molar-refractivity contribution in [3.05, 3.63) is 0 Å². The Bertz CT molecular complexity index is 101. The molecule has 0 aromatic carbocycles. The molecular weight excluding hydrogens is 116 g/mol. The van der Waals surface area contributed by atoms with Gasteiger partial charge in [0, 0.05) is 0 Å². The fraction of sp³-hybridized carbons (Fsp3) is 0.833. The van der Waals surface area contributed by atoms with E-state index in [4.69, 9.17) is 5.84 Å². The van der Waals surface area contributed by atoms with E-state index in [0.29, 0.717) is 0 Å². The van der Waals surface area contributed by atoms with Crippen molar-refractivity contribution < 1.29 is 4.79 Å². The fourth-order valence-electron chi connectivity index (χ4n) is 0.876. The Kier molecular flexibility index (Phi) is 2.19. The Labute approximate surface area is 54.6 Å². The van der Waals surface area contributed by atoms with Gasteiger partial charge in [0.05, 0.1) is 6.04 Å². The molecule has 1 aliphatic carbocycles. The summed E-state index contributed by atoms with van der Waals surface area (Å²) in [4.78, 5) is 10.2. The molecule has 1 aliphatic rings. The Morgan fingerprint density at radius 3 is 2.78 bits per heavy atom. The lowest BCUT2D eigenvalue weighted by Gasteiger charge is -2.05. The fourth-order valence-corrected chi connectivity index (χ4v) is 0.876. The van der Waals surface area contributed by atoms with Crippen molar-refractivity contribution in [2.45, 2.75) is 25.3 Å². The highest BCUT2D eigenvalue weighted by molar-refractivity contribution is 5.57. The number of hydrogen-bond acceptors (Lipinski definition) is 3. The van der Waals surface area contributed by atoms with Gasteiger partial charge < -0.3 is 4.79 Å². The second kappa shape index (κ2) is 2.94. The van der Waals surface area contributed by atoms with Gasteiger partial charge >= 0.3 is 0 Å². The van der Waals surface area contributed by atoms with E-state index in [1.807, 2.05) is 0 Å². The maximum atomic E-state index is 10.2. The van der Waals surface area contributed by atoms with Gasteiger partial charge in [0.25, 0.3) is 0 Å². The number of aldehydes is 1. The van der Waals surface area contributed by atoms with Gasteiger partial charge in [0.1, 0.15) is 6.29 Å². The molecule has 1 rings (SSSR count). The molecule has 0 bridgehead atoms. The lowest BCUT2D eigenvalue weighted by atomic mass is 10.2. The lowest BCUT2D eigenvalue weighted by Crippen LogP contribution is -2.36. The van der Waals surface area contributed by atoms with Crippen LogP contribution in [0.1, 0.15) is 19.3 Å². The van der Waals surface area contributed by atoms with Crippen LogP contribution in [0.2, 0.25) is 0 Å². The summed E-state index contributed by atoms with van der Waals surface area (Å²) in [6, 6.07) is -0.113. The second-order valence-electron chi connectivity index (χ2n) is 2.59. The van der Waals surface area contributed by atoms with Gasteiger partial charge in [-0.05, 0) is 12.3 Å². The molecule has 0 aromatic rings. The predicted octanol–water partition coefficient (Wildman–Crippen LogP) is -0.183. The minimum absolute atomic E-state index is 0.113. The zero-order chi connectivity index (χ0) is 6.69. The van der Waals surface area contributed by atoms with Crippen LogP contribution in [0.4, 0.5) is 0 Å². The summed E-state index contributed by atoms with van der Waals surface area (Å²) in [5, 5.41) is 0. The maximum Gasteiger partial charge on any atom is 0.138 e. The van der Waals surface area contributed by atoms with E-state index in [1.165, 1.54) is 12.8 Å². The van der Waals surface area contributed by atoms with Crippen molar-refractivity contribution in [1.82, 2.24) is 5.43 Å². The predicted molar refractivity (Wildman–Crippen MR) is 34.5 cm³/mol. The molecule has 1 saturated carbocycles. The number of carbonyl (C=O) groups excluding carboxylic acids is 1. The average molecular weight is 128 g/mol. The minimum atomic E-state index is -0.113. The van der Waals surface area contributed by atoms with E-state index in [-0.39, 0.29) is 6.04 Å². The molecule has 0 radical (unpaired) electrons. The molecule has 1 fully saturated rings. The van der Waals surface area contributed by atoms with Gasteiger partial charge in [-0.1, -0.05) is 12.8 Å². The standard InChI is InChI=1S/C6H12N2O/c7-8-6(4-9)3-5-1-2-5/h4-6,8H,1-3,7H2/t6-/m0/s1. The lowest BCUT2D eigenvalue weighted by molar-refractivity contribution is -0.109. The topological polar surface area (TPSA) is 55.1 Å². The SMILES string of the molecule is NN[C@H](C=O)CC1CC1. The van der Waals surface area contributed by atoms with E-state index in [2.05, 4.69) is 5.43 Å². The van der Waals surface area contributed by atoms with Gasteiger partial charge in [0.15, 0.2) is 0 Å². The van der Waals surface area contributed by atoms with Crippen LogP contribution < -0.4 is 11.3 Å². The van der Waals surface area contributed by atoms with Crippen LogP contribution in [0.3, 0.4) is 0 Å². The third kappa shape index (κ3) is 2.11. The monoisotopic (exact) mass is 128 g/mol. The molecule has 0 aliphatic heterocycles.